The van der Waals surface area contributed by atoms with Crippen molar-refractivity contribution in [2.45, 2.75) is 52.5 Å². The molecule has 1 heterocycles. The highest BCUT2D eigenvalue weighted by molar-refractivity contribution is 5.81. The number of rotatable bonds is 3. The SMILES string of the molecule is CCOC(=O)C1(N2CCNCC2)CC(C)CC(C)(C)C1. The molecule has 0 radical (unpaired) electrons. The molecule has 1 N–H and O–H groups in total. The Morgan fingerprint density at radius 3 is 2.50 bits per heavy atom. The van der Waals surface area contributed by atoms with Crippen LogP contribution in [0.4, 0.5) is 0 Å². The van der Waals surface area contributed by atoms with E-state index in [0.29, 0.717) is 12.5 Å². The number of nitrogens with zero attached hydrogens (tertiary/aromatic N) is 1. The van der Waals surface area contributed by atoms with Crippen LogP contribution in [0.3, 0.4) is 0 Å². The lowest BCUT2D eigenvalue weighted by molar-refractivity contribution is -0.166. The first-order valence-corrected chi connectivity index (χ1v) is 8.03. The molecule has 4 nitrogen and oxygen atoms in total. The van der Waals surface area contributed by atoms with E-state index in [9.17, 15) is 4.79 Å². The van der Waals surface area contributed by atoms with Crippen LogP contribution in [0.25, 0.3) is 0 Å². The van der Waals surface area contributed by atoms with E-state index in [1.54, 1.807) is 0 Å². The van der Waals surface area contributed by atoms with Crippen molar-refractivity contribution in [2.75, 3.05) is 32.8 Å². The molecule has 2 aliphatic rings. The van der Waals surface area contributed by atoms with Gasteiger partial charge in [-0.05, 0) is 37.5 Å². The summed E-state index contributed by atoms with van der Waals surface area (Å²) < 4.78 is 5.48. The van der Waals surface area contributed by atoms with Crippen molar-refractivity contribution in [2.24, 2.45) is 11.3 Å². The molecule has 0 amide bonds. The van der Waals surface area contributed by atoms with Gasteiger partial charge in [0.05, 0.1) is 6.61 Å². The van der Waals surface area contributed by atoms with Crippen LogP contribution in [-0.2, 0) is 9.53 Å². The molecule has 2 rings (SSSR count). The summed E-state index contributed by atoms with van der Waals surface area (Å²) in [7, 11) is 0. The third-order valence-corrected chi connectivity index (χ3v) is 4.74. The Labute approximate surface area is 123 Å². The van der Waals surface area contributed by atoms with E-state index in [2.05, 4.69) is 31.0 Å². The van der Waals surface area contributed by atoms with Crippen LogP contribution in [0.1, 0.15) is 47.0 Å². The van der Waals surface area contributed by atoms with Gasteiger partial charge in [0.2, 0.25) is 0 Å². The lowest BCUT2D eigenvalue weighted by Gasteiger charge is -2.52. The number of nitrogens with one attached hydrogen (secondary N) is 1. The number of hydrogen-bond donors (Lipinski definition) is 1. The zero-order valence-electron chi connectivity index (χ0n) is 13.5. The molecule has 1 saturated carbocycles. The van der Waals surface area contributed by atoms with Crippen LogP contribution in [0.2, 0.25) is 0 Å². The van der Waals surface area contributed by atoms with Crippen molar-refractivity contribution in [1.29, 1.82) is 0 Å². The Balaban J connectivity index is 2.29. The summed E-state index contributed by atoms with van der Waals surface area (Å²) >= 11 is 0. The molecule has 1 saturated heterocycles. The van der Waals surface area contributed by atoms with Crippen molar-refractivity contribution < 1.29 is 9.53 Å². The molecule has 1 aliphatic heterocycles. The Morgan fingerprint density at radius 2 is 1.95 bits per heavy atom. The predicted octanol–water partition coefficient (Wildman–Crippen LogP) is 2.04. The van der Waals surface area contributed by atoms with E-state index in [0.717, 1.165) is 39.0 Å². The first-order chi connectivity index (χ1) is 9.39. The molecule has 0 aromatic heterocycles. The number of carbonyl (C=O) groups excluding carboxylic acids is 1. The predicted molar refractivity (Wildman–Crippen MR) is 80.6 cm³/mol. The van der Waals surface area contributed by atoms with Crippen LogP contribution in [-0.4, -0.2) is 49.2 Å². The van der Waals surface area contributed by atoms with E-state index >= 15 is 0 Å². The van der Waals surface area contributed by atoms with Gasteiger partial charge in [0.15, 0.2) is 0 Å². The van der Waals surface area contributed by atoms with Gasteiger partial charge in [-0.3, -0.25) is 9.69 Å². The number of hydrogen-bond acceptors (Lipinski definition) is 4. The molecule has 2 fully saturated rings. The summed E-state index contributed by atoms with van der Waals surface area (Å²) in [5, 5.41) is 3.38. The average molecular weight is 282 g/mol. The zero-order chi connectivity index (χ0) is 14.8. The van der Waals surface area contributed by atoms with E-state index in [-0.39, 0.29) is 11.4 Å². The maximum atomic E-state index is 12.8. The third kappa shape index (κ3) is 3.17. The summed E-state index contributed by atoms with van der Waals surface area (Å²) in [6.07, 6.45) is 3.05. The van der Waals surface area contributed by atoms with E-state index < -0.39 is 5.54 Å². The zero-order valence-corrected chi connectivity index (χ0v) is 13.5. The molecule has 2 atom stereocenters. The monoisotopic (exact) mass is 282 g/mol. The molecular weight excluding hydrogens is 252 g/mol. The second-order valence-electron chi connectivity index (χ2n) is 7.34. The quantitative estimate of drug-likeness (QED) is 0.804. The van der Waals surface area contributed by atoms with Crippen molar-refractivity contribution in [3.05, 3.63) is 0 Å². The molecule has 1 aliphatic carbocycles. The topological polar surface area (TPSA) is 41.6 Å². The molecule has 116 valence electrons. The molecule has 0 aromatic carbocycles. The minimum atomic E-state index is -0.403. The fraction of sp³-hybridized carbons (Fsp3) is 0.938. The lowest BCUT2D eigenvalue weighted by atomic mass is 9.63. The normalized spacial score (nSPS) is 34.7. The maximum absolute atomic E-state index is 12.8. The van der Waals surface area contributed by atoms with Crippen LogP contribution in [0.5, 0.6) is 0 Å². The molecule has 20 heavy (non-hydrogen) atoms. The largest absolute Gasteiger partial charge is 0.465 e. The molecule has 4 heteroatoms. The van der Waals surface area contributed by atoms with Gasteiger partial charge in [-0.15, -0.1) is 0 Å². The minimum Gasteiger partial charge on any atom is -0.465 e. The fourth-order valence-corrected chi connectivity index (χ4v) is 4.41. The van der Waals surface area contributed by atoms with E-state index in [1.165, 1.54) is 6.42 Å². The Kier molecular flexibility index (Phi) is 4.75. The second kappa shape index (κ2) is 6.02. The van der Waals surface area contributed by atoms with Crippen molar-refractivity contribution in [3.8, 4) is 0 Å². The summed E-state index contributed by atoms with van der Waals surface area (Å²) in [5.41, 5.74) is -0.200. The van der Waals surface area contributed by atoms with Gasteiger partial charge in [0, 0.05) is 26.2 Å². The van der Waals surface area contributed by atoms with Crippen LogP contribution >= 0.6 is 0 Å². The van der Waals surface area contributed by atoms with Gasteiger partial charge in [0.25, 0.3) is 0 Å². The third-order valence-electron chi connectivity index (χ3n) is 4.74. The Morgan fingerprint density at radius 1 is 1.30 bits per heavy atom. The van der Waals surface area contributed by atoms with Gasteiger partial charge < -0.3 is 10.1 Å². The van der Waals surface area contributed by atoms with Gasteiger partial charge in [-0.2, -0.15) is 0 Å². The van der Waals surface area contributed by atoms with E-state index in [1.807, 2.05) is 6.92 Å². The van der Waals surface area contributed by atoms with E-state index in [4.69, 9.17) is 4.74 Å². The highest BCUT2D eigenvalue weighted by Crippen LogP contribution is 2.47. The average Bonchev–Trinajstić information content (AvgIpc) is 2.37. The number of ether oxygens (including phenoxy) is 1. The number of carbonyl (C=O) groups is 1. The molecule has 0 aromatic rings. The Hall–Kier alpha value is -0.610. The summed E-state index contributed by atoms with van der Waals surface area (Å²) in [6.45, 7) is 13.1. The van der Waals surface area contributed by atoms with Gasteiger partial charge >= 0.3 is 5.97 Å². The van der Waals surface area contributed by atoms with Crippen molar-refractivity contribution in [1.82, 2.24) is 10.2 Å². The van der Waals surface area contributed by atoms with Gasteiger partial charge in [-0.25, -0.2) is 0 Å². The molecule has 0 bridgehead atoms. The molecule has 2 unspecified atom stereocenters. The van der Waals surface area contributed by atoms with Crippen LogP contribution < -0.4 is 5.32 Å². The summed E-state index contributed by atoms with van der Waals surface area (Å²) in [6, 6.07) is 0. The standard InChI is InChI=1S/C16H30N2O2/c1-5-20-14(19)16(18-8-6-17-7-9-18)11-13(2)10-15(3,4)12-16/h13,17H,5-12H2,1-4H3. The number of esters is 1. The lowest BCUT2D eigenvalue weighted by Crippen LogP contribution is -2.64. The van der Waals surface area contributed by atoms with Crippen LogP contribution in [0.15, 0.2) is 0 Å². The summed E-state index contributed by atoms with van der Waals surface area (Å²) in [4.78, 5) is 15.2. The first-order valence-electron chi connectivity index (χ1n) is 8.03. The minimum absolute atomic E-state index is 0.00141. The second-order valence-corrected chi connectivity index (χ2v) is 7.34. The van der Waals surface area contributed by atoms with Gasteiger partial charge in [0.1, 0.15) is 5.54 Å². The highest BCUT2D eigenvalue weighted by Gasteiger charge is 2.52. The number of piperazine rings is 1. The smallest absolute Gasteiger partial charge is 0.326 e. The Bertz CT molecular complexity index is 350. The fourth-order valence-electron chi connectivity index (χ4n) is 4.41. The van der Waals surface area contributed by atoms with Gasteiger partial charge in [-0.1, -0.05) is 20.8 Å². The van der Waals surface area contributed by atoms with Crippen molar-refractivity contribution >= 4 is 5.97 Å². The molecule has 0 spiro atoms. The van der Waals surface area contributed by atoms with Crippen LogP contribution in [0, 0.1) is 11.3 Å². The first kappa shape index (κ1) is 15.8. The summed E-state index contributed by atoms with van der Waals surface area (Å²) in [5.74, 6) is 0.569. The molecular formula is C16H30N2O2. The highest BCUT2D eigenvalue weighted by atomic mass is 16.5. The maximum Gasteiger partial charge on any atom is 0.326 e. The van der Waals surface area contributed by atoms with Crippen molar-refractivity contribution in [3.63, 3.8) is 0 Å².